The minimum absolute atomic E-state index is 0.0542. The van der Waals surface area contributed by atoms with Gasteiger partial charge >= 0.3 is 6.09 Å². The Hall–Kier alpha value is -1.24. The third-order valence-corrected chi connectivity index (χ3v) is 4.61. The number of carbonyl (C=O) groups excluding carboxylic acids is 3. The topological polar surface area (TPSA) is 84.5 Å². The molecule has 0 saturated heterocycles. The first kappa shape index (κ1) is 25.8. The molecule has 0 radical (unpaired) electrons. The van der Waals surface area contributed by atoms with Gasteiger partial charge in [0.15, 0.2) is 5.12 Å². The molecule has 2 N–H and O–H groups in total. The number of amides is 2. The molecule has 0 aliphatic rings. The van der Waals surface area contributed by atoms with Crippen molar-refractivity contribution in [3.05, 3.63) is 0 Å². The Morgan fingerprint density at radius 1 is 0.963 bits per heavy atom. The monoisotopic (exact) mass is 402 g/mol. The lowest BCUT2D eigenvalue weighted by atomic mass is 10.0. The summed E-state index contributed by atoms with van der Waals surface area (Å²) in [4.78, 5) is 36.2. The van der Waals surface area contributed by atoms with E-state index < -0.39 is 17.7 Å². The number of nitrogens with one attached hydrogen (secondary N) is 2. The Morgan fingerprint density at radius 2 is 1.56 bits per heavy atom. The summed E-state index contributed by atoms with van der Waals surface area (Å²) in [6.07, 6.45) is 2.53. The van der Waals surface area contributed by atoms with Crippen molar-refractivity contribution in [1.82, 2.24) is 10.6 Å². The van der Waals surface area contributed by atoms with Crippen LogP contribution in [0.4, 0.5) is 4.79 Å². The zero-order chi connectivity index (χ0) is 21.3. The molecule has 0 aromatic carbocycles. The summed E-state index contributed by atoms with van der Waals surface area (Å²) in [6.45, 7) is 14.9. The molecule has 0 aliphatic heterocycles. The molecule has 0 heterocycles. The molecular formula is C20H38N2O4S. The summed E-state index contributed by atoms with van der Waals surface area (Å²) in [5.74, 6) is 0.631. The second-order valence-corrected chi connectivity index (χ2v) is 10.2. The quantitative estimate of drug-likeness (QED) is 0.563. The van der Waals surface area contributed by atoms with Gasteiger partial charge in [-0.15, -0.1) is 0 Å². The minimum Gasteiger partial charge on any atom is -0.444 e. The van der Waals surface area contributed by atoms with Crippen LogP contribution in [0.15, 0.2) is 0 Å². The van der Waals surface area contributed by atoms with Gasteiger partial charge in [-0.2, -0.15) is 0 Å². The van der Waals surface area contributed by atoms with Crippen molar-refractivity contribution in [3.63, 3.8) is 0 Å². The van der Waals surface area contributed by atoms with Crippen LogP contribution in [-0.2, 0) is 14.3 Å². The second-order valence-electron chi connectivity index (χ2n) is 9.11. The third-order valence-electron chi connectivity index (χ3n) is 3.36. The predicted molar refractivity (Wildman–Crippen MR) is 112 cm³/mol. The van der Waals surface area contributed by atoms with Crippen molar-refractivity contribution in [1.29, 1.82) is 0 Å². The fourth-order valence-corrected chi connectivity index (χ4v) is 3.03. The zero-order valence-corrected chi connectivity index (χ0v) is 19.0. The van der Waals surface area contributed by atoms with Crippen LogP contribution in [0.1, 0.15) is 81.1 Å². The van der Waals surface area contributed by atoms with Gasteiger partial charge in [-0.1, -0.05) is 38.5 Å². The Morgan fingerprint density at radius 3 is 2.04 bits per heavy atom. The second kappa shape index (κ2) is 11.6. The van der Waals surface area contributed by atoms with Crippen LogP contribution in [0.5, 0.6) is 0 Å². The van der Waals surface area contributed by atoms with E-state index in [-0.39, 0.29) is 22.5 Å². The van der Waals surface area contributed by atoms with Gasteiger partial charge in [0.25, 0.3) is 0 Å². The average molecular weight is 403 g/mol. The SMILES string of the molecule is CC(C)C(=O)SCCCCC[C@H](NC(=O)OC(C)(C)C)C(=O)NC(C)(C)C. The number of alkyl carbamates (subject to hydrolysis) is 1. The van der Waals surface area contributed by atoms with Gasteiger partial charge < -0.3 is 15.4 Å². The first-order valence-electron chi connectivity index (χ1n) is 9.69. The Balaban J connectivity index is 4.52. The zero-order valence-electron chi connectivity index (χ0n) is 18.2. The molecule has 0 saturated carbocycles. The van der Waals surface area contributed by atoms with Gasteiger partial charge in [0.05, 0.1) is 0 Å². The lowest BCUT2D eigenvalue weighted by molar-refractivity contribution is -0.124. The van der Waals surface area contributed by atoms with Gasteiger partial charge in [-0.3, -0.25) is 9.59 Å². The Bertz CT molecular complexity index is 493. The summed E-state index contributed by atoms with van der Waals surface area (Å²) >= 11 is 1.37. The van der Waals surface area contributed by atoms with Crippen LogP contribution >= 0.6 is 11.8 Å². The van der Waals surface area contributed by atoms with Crippen molar-refractivity contribution in [2.45, 2.75) is 98.3 Å². The highest BCUT2D eigenvalue weighted by molar-refractivity contribution is 8.13. The molecule has 158 valence electrons. The molecule has 0 fully saturated rings. The van der Waals surface area contributed by atoms with Crippen molar-refractivity contribution >= 4 is 28.9 Å². The maximum atomic E-state index is 12.5. The Kier molecular flexibility index (Phi) is 11.0. The molecule has 0 aromatic heterocycles. The highest BCUT2D eigenvalue weighted by Gasteiger charge is 2.26. The number of unbranched alkanes of at least 4 members (excludes halogenated alkanes) is 2. The van der Waals surface area contributed by atoms with E-state index in [1.165, 1.54) is 11.8 Å². The lowest BCUT2D eigenvalue weighted by Crippen LogP contribution is -2.52. The molecule has 1 atom stereocenters. The minimum atomic E-state index is -0.635. The van der Waals surface area contributed by atoms with E-state index in [1.54, 1.807) is 20.8 Å². The normalized spacial score (nSPS) is 13.2. The van der Waals surface area contributed by atoms with Gasteiger partial charge in [-0.05, 0) is 54.4 Å². The largest absolute Gasteiger partial charge is 0.444 e. The van der Waals surface area contributed by atoms with Crippen LogP contribution in [0.2, 0.25) is 0 Å². The highest BCUT2D eigenvalue weighted by atomic mass is 32.2. The molecular weight excluding hydrogens is 364 g/mol. The summed E-state index contributed by atoms with van der Waals surface area (Å²) < 4.78 is 5.27. The molecule has 6 nitrogen and oxygen atoms in total. The van der Waals surface area contributed by atoms with E-state index in [2.05, 4.69) is 10.6 Å². The van der Waals surface area contributed by atoms with Crippen molar-refractivity contribution in [2.24, 2.45) is 5.92 Å². The van der Waals surface area contributed by atoms with Crippen molar-refractivity contribution in [2.75, 3.05) is 5.75 Å². The van der Waals surface area contributed by atoms with Gasteiger partial charge in [-0.25, -0.2) is 4.79 Å². The van der Waals surface area contributed by atoms with Crippen LogP contribution in [0.3, 0.4) is 0 Å². The van der Waals surface area contributed by atoms with Crippen LogP contribution in [0.25, 0.3) is 0 Å². The third kappa shape index (κ3) is 14.5. The lowest BCUT2D eigenvalue weighted by Gasteiger charge is -2.27. The molecule has 0 aromatic rings. The predicted octanol–water partition coefficient (Wildman–Crippen LogP) is 4.27. The van der Waals surface area contributed by atoms with E-state index in [1.807, 2.05) is 34.6 Å². The van der Waals surface area contributed by atoms with E-state index in [0.29, 0.717) is 6.42 Å². The van der Waals surface area contributed by atoms with E-state index >= 15 is 0 Å². The van der Waals surface area contributed by atoms with Crippen LogP contribution in [-0.4, -0.2) is 40.1 Å². The number of thioether (sulfide) groups is 1. The molecule has 7 heteroatoms. The standard InChI is InChI=1S/C20H38N2O4S/c1-14(2)17(24)27-13-11-9-10-12-15(16(23)22-19(3,4)5)21-18(25)26-20(6,7)8/h14-15H,9-13H2,1-8H3,(H,21,25)(H,22,23)/t15-/m0/s1. The molecule has 0 bridgehead atoms. The van der Waals surface area contributed by atoms with Gasteiger partial charge in [0.1, 0.15) is 11.6 Å². The Labute approximate surface area is 168 Å². The molecule has 0 unspecified atom stereocenters. The summed E-state index contributed by atoms with van der Waals surface area (Å²) in [6, 6.07) is -0.635. The van der Waals surface area contributed by atoms with E-state index in [0.717, 1.165) is 25.0 Å². The fourth-order valence-electron chi connectivity index (χ4n) is 2.14. The number of ether oxygens (including phenoxy) is 1. The fraction of sp³-hybridized carbons (Fsp3) is 0.850. The number of hydrogen-bond acceptors (Lipinski definition) is 5. The van der Waals surface area contributed by atoms with Gasteiger partial charge in [0.2, 0.25) is 5.91 Å². The van der Waals surface area contributed by atoms with Crippen molar-refractivity contribution < 1.29 is 19.1 Å². The van der Waals surface area contributed by atoms with Crippen LogP contribution in [0, 0.1) is 5.92 Å². The summed E-state index contributed by atoms with van der Waals surface area (Å²) in [5.41, 5.74) is -0.992. The number of hydrogen-bond donors (Lipinski definition) is 2. The van der Waals surface area contributed by atoms with Gasteiger partial charge in [0, 0.05) is 17.2 Å². The smallest absolute Gasteiger partial charge is 0.408 e. The molecule has 0 spiro atoms. The molecule has 2 amide bonds. The molecule has 27 heavy (non-hydrogen) atoms. The maximum absolute atomic E-state index is 12.5. The molecule has 0 aliphatic carbocycles. The highest BCUT2D eigenvalue weighted by Crippen LogP contribution is 2.15. The number of carbonyl (C=O) groups is 3. The summed E-state index contributed by atoms with van der Waals surface area (Å²) in [7, 11) is 0. The van der Waals surface area contributed by atoms with Crippen molar-refractivity contribution in [3.8, 4) is 0 Å². The first-order chi connectivity index (χ1) is 12.2. The number of rotatable bonds is 9. The van der Waals surface area contributed by atoms with E-state index in [4.69, 9.17) is 4.74 Å². The van der Waals surface area contributed by atoms with E-state index in [9.17, 15) is 14.4 Å². The average Bonchev–Trinajstić information content (AvgIpc) is 2.45. The molecule has 0 rings (SSSR count). The maximum Gasteiger partial charge on any atom is 0.408 e. The van der Waals surface area contributed by atoms with Crippen LogP contribution < -0.4 is 10.6 Å². The first-order valence-corrected chi connectivity index (χ1v) is 10.7. The summed E-state index contributed by atoms with van der Waals surface area (Å²) in [5, 5.41) is 5.81.